The van der Waals surface area contributed by atoms with Crippen LogP contribution in [0.4, 0.5) is 0 Å². The second kappa shape index (κ2) is 5.21. The van der Waals surface area contributed by atoms with E-state index >= 15 is 0 Å². The van der Waals surface area contributed by atoms with Gasteiger partial charge in [0.25, 0.3) is 5.91 Å². The molecular weight excluding hydrogens is 240 g/mol. The lowest BCUT2D eigenvalue weighted by Gasteiger charge is -2.32. The average Bonchev–Trinajstić information content (AvgIpc) is 2.47. The van der Waals surface area contributed by atoms with E-state index in [2.05, 4.69) is 11.9 Å². The van der Waals surface area contributed by atoms with E-state index < -0.39 is 0 Å². The first-order valence-electron chi connectivity index (χ1n) is 6.97. The number of carbonyl (C=O) groups excluding carboxylic acids is 1. The molecule has 0 aliphatic carbocycles. The minimum Gasteiger partial charge on any atom is -0.493 e. The van der Waals surface area contributed by atoms with E-state index in [4.69, 9.17) is 4.74 Å². The molecule has 0 aromatic heterocycles. The van der Waals surface area contributed by atoms with Gasteiger partial charge >= 0.3 is 0 Å². The van der Waals surface area contributed by atoms with E-state index in [1.807, 2.05) is 23.1 Å². The van der Waals surface area contributed by atoms with Crippen LogP contribution < -0.4 is 4.74 Å². The fourth-order valence-electron chi connectivity index (χ4n) is 2.69. The number of aryl methyl sites for hydroxylation is 1. The van der Waals surface area contributed by atoms with Gasteiger partial charge in [-0.2, -0.15) is 0 Å². The number of rotatable bonds is 1. The highest BCUT2D eigenvalue weighted by atomic mass is 16.5. The Bertz CT molecular complexity index is 479. The van der Waals surface area contributed by atoms with Gasteiger partial charge in [0.2, 0.25) is 0 Å². The molecule has 0 atom stereocenters. The van der Waals surface area contributed by atoms with Gasteiger partial charge in [-0.25, -0.2) is 0 Å². The summed E-state index contributed by atoms with van der Waals surface area (Å²) in [6.45, 7) is 4.35. The molecule has 1 aromatic carbocycles. The van der Waals surface area contributed by atoms with Crippen molar-refractivity contribution >= 4 is 5.91 Å². The summed E-state index contributed by atoms with van der Waals surface area (Å²) in [6, 6.07) is 5.84. The maximum absolute atomic E-state index is 12.5. The Morgan fingerprint density at radius 2 is 2.00 bits per heavy atom. The van der Waals surface area contributed by atoms with Crippen LogP contribution in [0.1, 0.15) is 22.3 Å². The van der Waals surface area contributed by atoms with Crippen molar-refractivity contribution in [2.24, 2.45) is 0 Å². The van der Waals surface area contributed by atoms with Crippen LogP contribution in [0.25, 0.3) is 0 Å². The number of hydrogen-bond acceptors (Lipinski definition) is 3. The molecule has 19 heavy (non-hydrogen) atoms. The van der Waals surface area contributed by atoms with Crippen molar-refractivity contribution in [3.63, 3.8) is 0 Å². The van der Waals surface area contributed by atoms with Crippen molar-refractivity contribution in [1.29, 1.82) is 0 Å². The third kappa shape index (κ3) is 2.59. The largest absolute Gasteiger partial charge is 0.493 e. The molecule has 1 amide bonds. The molecule has 102 valence electrons. The van der Waals surface area contributed by atoms with Gasteiger partial charge in [-0.05, 0) is 43.7 Å². The third-order valence-electron chi connectivity index (χ3n) is 3.95. The number of piperazine rings is 1. The molecule has 1 fully saturated rings. The molecule has 0 unspecified atom stereocenters. The van der Waals surface area contributed by atoms with Crippen LogP contribution in [0, 0.1) is 0 Å². The van der Waals surface area contributed by atoms with Gasteiger partial charge in [-0.3, -0.25) is 4.79 Å². The number of amides is 1. The van der Waals surface area contributed by atoms with Crippen molar-refractivity contribution < 1.29 is 9.53 Å². The van der Waals surface area contributed by atoms with Crippen LogP contribution in [0.15, 0.2) is 18.2 Å². The van der Waals surface area contributed by atoms with E-state index in [0.717, 1.165) is 56.9 Å². The second-order valence-electron chi connectivity index (χ2n) is 5.37. The Hall–Kier alpha value is -1.55. The third-order valence-corrected chi connectivity index (χ3v) is 3.95. The lowest BCUT2D eigenvalue weighted by Crippen LogP contribution is -2.47. The zero-order valence-corrected chi connectivity index (χ0v) is 11.4. The number of ether oxygens (including phenoxy) is 1. The van der Waals surface area contributed by atoms with Crippen molar-refractivity contribution in [3.8, 4) is 5.75 Å². The van der Waals surface area contributed by atoms with Crippen LogP contribution >= 0.6 is 0 Å². The fraction of sp³-hybridized carbons (Fsp3) is 0.533. The highest BCUT2D eigenvalue weighted by Crippen LogP contribution is 2.26. The maximum atomic E-state index is 12.5. The maximum Gasteiger partial charge on any atom is 0.253 e. The molecule has 0 spiro atoms. The molecule has 0 N–H and O–H groups in total. The normalized spacial score (nSPS) is 19.7. The zero-order chi connectivity index (χ0) is 13.2. The topological polar surface area (TPSA) is 32.8 Å². The van der Waals surface area contributed by atoms with Gasteiger partial charge < -0.3 is 14.5 Å². The predicted octanol–water partition coefficient (Wildman–Crippen LogP) is 1.40. The molecule has 4 nitrogen and oxygen atoms in total. The first-order valence-corrected chi connectivity index (χ1v) is 6.97. The van der Waals surface area contributed by atoms with Crippen LogP contribution in [-0.2, 0) is 6.42 Å². The Morgan fingerprint density at radius 1 is 1.21 bits per heavy atom. The predicted molar refractivity (Wildman–Crippen MR) is 73.7 cm³/mol. The molecule has 1 saturated heterocycles. The van der Waals surface area contributed by atoms with Crippen molar-refractivity contribution in [2.75, 3.05) is 39.8 Å². The van der Waals surface area contributed by atoms with Gasteiger partial charge in [-0.15, -0.1) is 0 Å². The monoisotopic (exact) mass is 260 g/mol. The SMILES string of the molecule is CN1CCN(C(=O)c2ccc3c(c2)CCCO3)CC1. The minimum absolute atomic E-state index is 0.154. The highest BCUT2D eigenvalue weighted by molar-refractivity contribution is 5.94. The van der Waals surface area contributed by atoms with Crippen LogP contribution in [0.2, 0.25) is 0 Å². The van der Waals surface area contributed by atoms with E-state index in [1.165, 1.54) is 5.56 Å². The van der Waals surface area contributed by atoms with Crippen LogP contribution in [-0.4, -0.2) is 55.5 Å². The second-order valence-corrected chi connectivity index (χ2v) is 5.37. The lowest BCUT2D eigenvalue weighted by molar-refractivity contribution is 0.0664. The first-order chi connectivity index (χ1) is 9.24. The summed E-state index contributed by atoms with van der Waals surface area (Å²) in [4.78, 5) is 16.7. The van der Waals surface area contributed by atoms with E-state index in [9.17, 15) is 4.79 Å². The van der Waals surface area contributed by atoms with E-state index in [-0.39, 0.29) is 5.91 Å². The fourth-order valence-corrected chi connectivity index (χ4v) is 2.69. The Kier molecular flexibility index (Phi) is 3.42. The molecule has 0 bridgehead atoms. The summed E-state index contributed by atoms with van der Waals surface area (Å²) in [5.41, 5.74) is 1.97. The molecule has 2 aliphatic rings. The van der Waals surface area contributed by atoms with Crippen molar-refractivity contribution in [2.45, 2.75) is 12.8 Å². The summed E-state index contributed by atoms with van der Waals surface area (Å²) >= 11 is 0. The van der Waals surface area contributed by atoms with E-state index in [1.54, 1.807) is 0 Å². The zero-order valence-electron chi connectivity index (χ0n) is 11.4. The average molecular weight is 260 g/mol. The van der Waals surface area contributed by atoms with Gasteiger partial charge in [-0.1, -0.05) is 0 Å². The molecule has 3 rings (SSSR count). The summed E-state index contributed by atoms with van der Waals surface area (Å²) in [6.07, 6.45) is 2.05. The van der Waals surface area contributed by atoms with Gasteiger partial charge in [0, 0.05) is 31.7 Å². The lowest BCUT2D eigenvalue weighted by atomic mass is 10.0. The molecule has 0 radical (unpaired) electrons. The molecule has 1 aromatic rings. The van der Waals surface area contributed by atoms with Gasteiger partial charge in [0.05, 0.1) is 6.61 Å². The molecule has 2 heterocycles. The number of hydrogen-bond donors (Lipinski definition) is 0. The minimum atomic E-state index is 0.154. The molecule has 2 aliphatic heterocycles. The number of benzene rings is 1. The highest BCUT2D eigenvalue weighted by Gasteiger charge is 2.21. The van der Waals surface area contributed by atoms with Crippen molar-refractivity contribution in [3.05, 3.63) is 29.3 Å². The Balaban J connectivity index is 1.76. The number of nitrogens with zero attached hydrogens (tertiary/aromatic N) is 2. The number of carbonyl (C=O) groups is 1. The van der Waals surface area contributed by atoms with Gasteiger partial charge in [0.1, 0.15) is 5.75 Å². The van der Waals surface area contributed by atoms with E-state index in [0.29, 0.717) is 0 Å². The summed E-state index contributed by atoms with van der Waals surface area (Å²) in [7, 11) is 2.10. The van der Waals surface area contributed by atoms with Crippen molar-refractivity contribution in [1.82, 2.24) is 9.80 Å². The smallest absolute Gasteiger partial charge is 0.253 e. The number of fused-ring (bicyclic) bond motifs is 1. The molecular formula is C15H20N2O2. The summed E-state index contributed by atoms with van der Waals surface area (Å²) < 4.78 is 5.59. The number of likely N-dealkylation sites (N-methyl/N-ethyl adjacent to an activating group) is 1. The summed E-state index contributed by atoms with van der Waals surface area (Å²) in [5.74, 6) is 1.10. The van der Waals surface area contributed by atoms with Crippen LogP contribution in [0.3, 0.4) is 0 Å². The summed E-state index contributed by atoms with van der Waals surface area (Å²) in [5, 5.41) is 0. The Morgan fingerprint density at radius 3 is 2.79 bits per heavy atom. The standard InChI is InChI=1S/C15H20N2O2/c1-16-6-8-17(9-7-16)15(18)13-4-5-14-12(11-13)3-2-10-19-14/h4-5,11H,2-3,6-10H2,1H3. The van der Waals surface area contributed by atoms with Crippen LogP contribution in [0.5, 0.6) is 5.75 Å². The molecule has 4 heteroatoms. The Labute approximate surface area is 113 Å². The molecule has 0 saturated carbocycles. The van der Waals surface area contributed by atoms with Gasteiger partial charge in [0.15, 0.2) is 0 Å². The first kappa shape index (κ1) is 12.5. The quantitative estimate of drug-likeness (QED) is 0.765.